The first-order chi connectivity index (χ1) is 10.9. The molecule has 0 atom stereocenters. The number of benzene rings is 2. The van der Waals surface area contributed by atoms with Crippen molar-refractivity contribution < 1.29 is 12.8 Å². The Morgan fingerprint density at radius 3 is 2.48 bits per heavy atom. The van der Waals surface area contributed by atoms with E-state index in [1.807, 2.05) is 0 Å². The summed E-state index contributed by atoms with van der Waals surface area (Å²) in [4.78, 5) is 0.126. The molecule has 0 bridgehead atoms. The smallest absolute Gasteiger partial charge is 0.261 e. The summed E-state index contributed by atoms with van der Waals surface area (Å²) < 4.78 is 32.6. The van der Waals surface area contributed by atoms with Crippen LogP contribution in [0.25, 0.3) is 11.5 Å². The molecule has 3 rings (SSSR count). The highest BCUT2D eigenvalue weighted by atomic mass is 35.5. The van der Waals surface area contributed by atoms with Gasteiger partial charge in [0.1, 0.15) is 0 Å². The zero-order chi connectivity index (χ0) is 16.4. The number of aromatic nitrogens is 2. The summed E-state index contributed by atoms with van der Waals surface area (Å²) in [5, 5.41) is 8.14. The van der Waals surface area contributed by atoms with Crippen molar-refractivity contribution in [1.29, 1.82) is 0 Å². The largest absolute Gasteiger partial charge is 0.421 e. The maximum Gasteiger partial charge on any atom is 0.261 e. The molecule has 0 fully saturated rings. The molecule has 1 N–H and O–H groups in total. The standard InChI is InChI=1S/C15H12ClN3O3S/c1-10-17-18-15(22-10)11-3-2-4-13(9-11)19-23(20,21)14-7-5-12(16)6-8-14/h2-9,19H,1H3. The molecular weight excluding hydrogens is 338 g/mol. The minimum absolute atomic E-state index is 0.126. The van der Waals surface area contributed by atoms with Crippen molar-refractivity contribution in [2.24, 2.45) is 0 Å². The molecule has 1 aromatic heterocycles. The van der Waals surface area contributed by atoms with Gasteiger partial charge in [0, 0.05) is 23.2 Å². The molecule has 3 aromatic rings. The minimum Gasteiger partial charge on any atom is -0.421 e. The Morgan fingerprint density at radius 2 is 1.83 bits per heavy atom. The molecule has 0 radical (unpaired) electrons. The quantitative estimate of drug-likeness (QED) is 0.779. The van der Waals surface area contributed by atoms with E-state index in [9.17, 15) is 8.42 Å². The fourth-order valence-electron chi connectivity index (χ4n) is 1.96. The van der Waals surface area contributed by atoms with Gasteiger partial charge in [0.25, 0.3) is 10.0 Å². The number of nitrogens with zero attached hydrogens (tertiary/aromatic N) is 2. The normalized spacial score (nSPS) is 11.4. The van der Waals surface area contributed by atoms with Crippen molar-refractivity contribution in [3.63, 3.8) is 0 Å². The first kappa shape index (κ1) is 15.5. The number of aryl methyl sites for hydroxylation is 1. The van der Waals surface area contributed by atoms with Crippen molar-refractivity contribution in [2.75, 3.05) is 4.72 Å². The maximum absolute atomic E-state index is 12.4. The van der Waals surface area contributed by atoms with Crippen LogP contribution in [-0.2, 0) is 10.0 Å². The van der Waals surface area contributed by atoms with Gasteiger partial charge in [0.05, 0.1) is 4.90 Å². The number of anilines is 1. The maximum atomic E-state index is 12.4. The van der Waals surface area contributed by atoms with Crippen molar-refractivity contribution in [1.82, 2.24) is 10.2 Å². The van der Waals surface area contributed by atoms with E-state index in [0.717, 1.165) is 0 Å². The predicted molar refractivity (Wildman–Crippen MR) is 86.7 cm³/mol. The molecule has 0 unspecified atom stereocenters. The van der Waals surface area contributed by atoms with E-state index >= 15 is 0 Å². The Labute approximate surface area is 138 Å². The first-order valence-electron chi connectivity index (χ1n) is 6.63. The van der Waals surface area contributed by atoms with Crippen LogP contribution >= 0.6 is 11.6 Å². The second kappa shape index (κ2) is 6.02. The number of sulfonamides is 1. The van der Waals surface area contributed by atoms with E-state index < -0.39 is 10.0 Å². The van der Waals surface area contributed by atoms with Crippen molar-refractivity contribution >= 4 is 27.3 Å². The summed E-state index contributed by atoms with van der Waals surface area (Å²) in [7, 11) is -3.70. The molecule has 0 aliphatic rings. The van der Waals surface area contributed by atoms with Gasteiger partial charge in [-0.15, -0.1) is 10.2 Å². The van der Waals surface area contributed by atoms with Gasteiger partial charge < -0.3 is 4.42 Å². The van der Waals surface area contributed by atoms with Crippen LogP contribution in [0.1, 0.15) is 5.89 Å². The van der Waals surface area contributed by atoms with Crippen LogP contribution < -0.4 is 4.72 Å². The molecule has 0 saturated carbocycles. The van der Waals surface area contributed by atoms with Gasteiger partial charge in [-0.2, -0.15) is 0 Å². The summed E-state index contributed by atoms with van der Waals surface area (Å²) in [6.45, 7) is 1.68. The molecule has 0 aliphatic carbocycles. The molecule has 23 heavy (non-hydrogen) atoms. The fraction of sp³-hybridized carbons (Fsp3) is 0.0667. The van der Waals surface area contributed by atoms with Gasteiger partial charge in [-0.05, 0) is 42.5 Å². The Kier molecular flexibility index (Phi) is 4.06. The zero-order valence-electron chi connectivity index (χ0n) is 12.0. The lowest BCUT2D eigenvalue weighted by Crippen LogP contribution is -2.12. The van der Waals surface area contributed by atoms with Gasteiger partial charge in [0.2, 0.25) is 11.8 Å². The molecule has 2 aromatic carbocycles. The Morgan fingerprint density at radius 1 is 1.09 bits per heavy atom. The van der Waals surface area contributed by atoms with Gasteiger partial charge in [0.15, 0.2) is 0 Å². The summed E-state index contributed by atoms with van der Waals surface area (Å²) in [5.41, 5.74) is 1.02. The molecule has 0 spiro atoms. The van der Waals surface area contributed by atoms with Crippen LogP contribution in [0.3, 0.4) is 0 Å². The van der Waals surface area contributed by atoms with Crippen LogP contribution in [0.4, 0.5) is 5.69 Å². The van der Waals surface area contributed by atoms with E-state index in [1.54, 1.807) is 31.2 Å². The predicted octanol–water partition coefficient (Wildman–Crippen LogP) is 3.50. The minimum atomic E-state index is -3.70. The van der Waals surface area contributed by atoms with Gasteiger partial charge in [-0.1, -0.05) is 17.7 Å². The second-order valence-corrected chi connectivity index (χ2v) is 6.89. The van der Waals surface area contributed by atoms with Crippen molar-refractivity contribution in [3.8, 4) is 11.5 Å². The van der Waals surface area contributed by atoms with E-state index in [-0.39, 0.29) is 4.90 Å². The van der Waals surface area contributed by atoms with Crippen LogP contribution in [0.15, 0.2) is 57.8 Å². The SMILES string of the molecule is Cc1nnc(-c2cccc(NS(=O)(=O)c3ccc(Cl)cc3)c2)o1. The number of halogens is 1. The lowest BCUT2D eigenvalue weighted by atomic mass is 10.2. The summed E-state index contributed by atoms with van der Waals surface area (Å²) in [5.74, 6) is 0.766. The monoisotopic (exact) mass is 349 g/mol. The fourth-order valence-corrected chi connectivity index (χ4v) is 3.13. The van der Waals surface area contributed by atoms with Crippen LogP contribution in [0, 0.1) is 6.92 Å². The van der Waals surface area contributed by atoms with Crippen LogP contribution in [-0.4, -0.2) is 18.6 Å². The average Bonchev–Trinajstić information content (AvgIpc) is 2.94. The summed E-state index contributed by atoms with van der Waals surface area (Å²) in [6, 6.07) is 12.6. The molecule has 0 amide bonds. The molecule has 6 nitrogen and oxygen atoms in total. The third kappa shape index (κ3) is 3.52. The molecule has 0 saturated heterocycles. The highest BCUT2D eigenvalue weighted by Gasteiger charge is 2.15. The van der Waals surface area contributed by atoms with Crippen LogP contribution in [0.5, 0.6) is 0 Å². The number of hydrogen-bond acceptors (Lipinski definition) is 5. The lowest BCUT2D eigenvalue weighted by Gasteiger charge is -2.08. The van der Waals surface area contributed by atoms with E-state index in [0.29, 0.717) is 28.1 Å². The van der Waals surface area contributed by atoms with E-state index in [4.69, 9.17) is 16.0 Å². The number of nitrogens with one attached hydrogen (secondary N) is 1. The molecule has 0 aliphatic heterocycles. The molecular formula is C15H12ClN3O3S. The van der Waals surface area contributed by atoms with Gasteiger partial charge in [-0.25, -0.2) is 8.42 Å². The Balaban J connectivity index is 1.89. The van der Waals surface area contributed by atoms with Crippen molar-refractivity contribution in [2.45, 2.75) is 11.8 Å². The van der Waals surface area contributed by atoms with Crippen molar-refractivity contribution in [3.05, 3.63) is 59.4 Å². The highest BCUT2D eigenvalue weighted by molar-refractivity contribution is 7.92. The number of hydrogen-bond donors (Lipinski definition) is 1. The lowest BCUT2D eigenvalue weighted by molar-refractivity contribution is 0.533. The third-order valence-corrected chi connectivity index (χ3v) is 4.66. The summed E-state index contributed by atoms with van der Waals surface area (Å²) in [6.07, 6.45) is 0. The zero-order valence-corrected chi connectivity index (χ0v) is 13.6. The highest BCUT2D eigenvalue weighted by Crippen LogP contribution is 2.23. The molecule has 1 heterocycles. The first-order valence-corrected chi connectivity index (χ1v) is 8.49. The average molecular weight is 350 g/mol. The molecule has 8 heteroatoms. The van der Waals surface area contributed by atoms with E-state index in [2.05, 4.69) is 14.9 Å². The summed E-state index contributed by atoms with van der Waals surface area (Å²) >= 11 is 5.77. The van der Waals surface area contributed by atoms with Gasteiger partial charge in [-0.3, -0.25) is 4.72 Å². The Hall–Kier alpha value is -2.38. The van der Waals surface area contributed by atoms with E-state index in [1.165, 1.54) is 24.3 Å². The second-order valence-electron chi connectivity index (χ2n) is 4.77. The number of rotatable bonds is 4. The molecule has 118 valence electrons. The third-order valence-electron chi connectivity index (χ3n) is 3.01. The van der Waals surface area contributed by atoms with Crippen LogP contribution in [0.2, 0.25) is 5.02 Å². The topological polar surface area (TPSA) is 85.1 Å². The van der Waals surface area contributed by atoms with Gasteiger partial charge >= 0.3 is 0 Å². The Bertz CT molecular complexity index is 937.